The van der Waals surface area contributed by atoms with Crippen LogP contribution in [0, 0.1) is 5.92 Å². The van der Waals surface area contributed by atoms with Gasteiger partial charge in [-0.15, -0.1) is 0 Å². The number of allylic oxidation sites excluding steroid dienone is 1. The van der Waals surface area contributed by atoms with Crippen molar-refractivity contribution < 1.29 is 19.8 Å². The van der Waals surface area contributed by atoms with Gasteiger partial charge in [0.05, 0.1) is 0 Å². The number of carboxylic acid groups (broad SMARTS) is 2. The first kappa shape index (κ1) is 23.4. The van der Waals surface area contributed by atoms with E-state index in [4.69, 9.17) is 10.2 Å². The highest BCUT2D eigenvalue weighted by molar-refractivity contribution is 5.89. The predicted octanol–water partition coefficient (Wildman–Crippen LogP) is 5.98. The van der Waals surface area contributed by atoms with Crippen LogP contribution in [0.2, 0.25) is 0 Å². The van der Waals surface area contributed by atoms with Crippen molar-refractivity contribution in [1.29, 1.82) is 0 Å². The molecule has 0 fully saturated rings. The Hall–Kier alpha value is -1.58. The number of carboxylic acids is 2. The van der Waals surface area contributed by atoms with E-state index < -0.39 is 17.9 Å². The summed E-state index contributed by atoms with van der Waals surface area (Å²) in [5.74, 6) is -2.42. The first-order chi connectivity index (χ1) is 11.9. The molecule has 0 heterocycles. The molecule has 0 spiro atoms. The molecule has 2 N–H and O–H groups in total. The standard InChI is InChI=1S/C21H36O4/c1-4-6-7-8-9-10-11-12-13-14-15-19(17(3)20(22)23)16-18(5-2)21(24)25/h16,19H,3-15H2,1-2H3,(H,22,23)(H,24,25). The van der Waals surface area contributed by atoms with Crippen molar-refractivity contribution in [3.8, 4) is 0 Å². The summed E-state index contributed by atoms with van der Waals surface area (Å²) in [5.41, 5.74) is 0.350. The maximum atomic E-state index is 11.2. The molecule has 0 aliphatic heterocycles. The van der Waals surface area contributed by atoms with Gasteiger partial charge < -0.3 is 10.2 Å². The Morgan fingerprint density at radius 3 is 1.72 bits per heavy atom. The average molecular weight is 353 g/mol. The largest absolute Gasteiger partial charge is 0.478 e. The first-order valence-corrected chi connectivity index (χ1v) is 9.80. The van der Waals surface area contributed by atoms with Crippen molar-refractivity contribution >= 4 is 11.9 Å². The van der Waals surface area contributed by atoms with Crippen LogP contribution >= 0.6 is 0 Å². The van der Waals surface area contributed by atoms with Crippen molar-refractivity contribution in [2.24, 2.45) is 5.92 Å². The van der Waals surface area contributed by atoms with Gasteiger partial charge in [0.2, 0.25) is 0 Å². The quantitative estimate of drug-likeness (QED) is 0.265. The number of aliphatic carboxylic acids is 2. The number of hydrogen-bond donors (Lipinski definition) is 2. The molecule has 0 radical (unpaired) electrons. The molecule has 0 aromatic heterocycles. The zero-order chi connectivity index (χ0) is 19.1. The summed E-state index contributed by atoms with van der Waals surface area (Å²) in [7, 11) is 0. The molecule has 4 heteroatoms. The van der Waals surface area contributed by atoms with Crippen LogP contribution < -0.4 is 0 Å². The molecule has 0 aromatic rings. The van der Waals surface area contributed by atoms with Crippen LogP contribution in [0.25, 0.3) is 0 Å². The second kappa shape index (κ2) is 14.7. The Balaban J connectivity index is 4.18. The molecule has 1 atom stereocenters. The molecule has 0 bridgehead atoms. The van der Waals surface area contributed by atoms with Crippen LogP contribution in [0.15, 0.2) is 23.8 Å². The van der Waals surface area contributed by atoms with Crippen molar-refractivity contribution in [1.82, 2.24) is 0 Å². The molecular formula is C21H36O4. The average Bonchev–Trinajstić information content (AvgIpc) is 2.58. The van der Waals surface area contributed by atoms with Crippen LogP contribution in [0.4, 0.5) is 0 Å². The van der Waals surface area contributed by atoms with Crippen LogP contribution in [0.5, 0.6) is 0 Å². The zero-order valence-corrected chi connectivity index (χ0v) is 16.1. The van der Waals surface area contributed by atoms with Crippen molar-refractivity contribution in [2.75, 3.05) is 0 Å². The maximum absolute atomic E-state index is 11.2. The van der Waals surface area contributed by atoms with E-state index in [0.29, 0.717) is 12.8 Å². The van der Waals surface area contributed by atoms with E-state index in [1.807, 2.05) is 0 Å². The highest BCUT2D eigenvalue weighted by Crippen LogP contribution is 2.23. The predicted molar refractivity (Wildman–Crippen MR) is 103 cm³/mol. The minimum atomic E-state index is -1.05. The van der Waals surface area contributed by atoms with E-state index in [1.165, 1.54) is 44.9 Å². The highest BCUT2D eigenvalue weighted by atomic mass is 16.4. The fourth-order valence-electron chi connectivity index (χ4n) is 2.95. The molecule has 0 aliphatic rings. The third kappa shape index (κ3) is 11.6. The minimum absolute atomic E-state index is 0.0862. The van der Waals surface area contributed by atoms with Crippen LogP contribution in [0.3, 0.4) is 0 Å². The lowest BCUT2D eigenvalue weighted by atomic mass is 9.91. The monoisotopic (exact) mass is 352 g/mol. The Bertz CT molecular complexity index is 437. The summed E-state index contributed by atoms with van der Waals surface area (Å²) in [6.45, 7) is 7.62. The third-order valence-corrected chi connectivity index (χ3v) is 4.65. The smallest absolute Gasteiger partial charge is 0.331 e. The van der Waals surface area contributed by atoms with E-state index in [9.17, 15) is 9.59 Å². The van der Waals surface area contributed by atoms with Gasteiger partial charge in [-0.2, -0.15) is 0 Å². The maximum Gasteiger partial charge on any atom is 0.331 e. The van der Waals surface area contributed by atoms with Crippen LogP contribution in [-0.4, -0.2) is 22.2 Å². The number of hydrogen-bond acceptors (Lipinski definition) is 2. The van der Waals surface area contributed by atoms with Gasteiger partial charge in [0.1, 0.15) is 0 Å². The van der Waals surface area contributed by atoms with Gasteiger partial charge in [0.25, 0.3) is 0 Å². The van der Waals surface area contributed by atoms with Crippen molar-refractivity contribution in [3.63, 3.8) is 0 Å². The molecule has 0 aromatic carbocycles. The highest BCUT2D eigenvalue weighted by Gasteiger charge is 2.18. The lowest BCUT2D eigenvalue weighted by Gasteiger charge is -2.14. The molecule has 144 valence electrons. The Kier molecular flexibility index (Phi) is 13.8. The van der Waals surface area contributed by atoms with E-state index in [-0.39, 0.29) is 11.1 Å². The molecular weight excluding hydrogens is 316 g/mol. The SMILES string of the molecule is C=C(C(=O)O)C(C=C(CC)C(=O)O)CCCCCCCCCCCC. The summed E-state index contributed by atoms with van der Waals surface area (Å²) in [5, 5.41) is 18.3. The lowest BCUT2D eigenvalue weighted by Crippen LogP contribution is -2.12. The van der Waals surface area contributed by atoms with Gasteiger partial charge in [-0.1, -0.05) is 90.7 Å². The minimum Gasteiger partial charge on any atom is -0.478 e. The fourth-order valence-corrected chi connectivity index (χ4v) is 2.95. The molecule has 0 amide bonds. The van der Waals surface area contributed by atoms with E-state index in [2.05, 4.69) is 13.5 Å². The summed E-state index contributed by atoms with van der Waals surface area (Å²) in [6.07, 6.45) is 14.8. The van der Waals surface area contributed by atoms with Gasteiger partial charge in [-0.05, 0) is 12.8 Å². The van der Waals surface area contributed by atoms with E-state index in [0.717, 1.165) is 19.3 Å². The van der Waals surface area contributed by atoms with Gasteiger partial charge >= 0.3 is 11.9 Å². The van der Waals surface area contributed by atoms with E-state index >= 15 is 0 Å². The summed E-state index contributed by atoms with van der Waals surface area (Å²) < 4.78 is 0. The van der Waals surface area contributed by atoms with Gasteiger partial charge in [0, 0.05) is 17.1 Å². The molecule has 4 nitrogen and oxygen atoms in total. The van der Waals surface area contributed by atoms with E-state index in [1.54, 1.807) is 13.0 Å². The third-order valence-electron chi connectivity index (χ3n) is 4.65. The number of carbonyl (C=O) groups is 2. The molecule has 1 unspecified atom stereocenters. The van der Waals surface area contributed by atoms with Crippen molar-refractivity contribution in [3.05, 3.63) is 23.8 Å². The Morgan fingerprint density at radius 1 is 0.840 bits per heavy atom. The Morgan fingerprint density at radius 2 is 1.32 bits per heavy atom. The molecule has 0 rings (SSSR count). The number of rotatable bonds is 16. The molecule has 0 saturated heterocycles. The number of unbranched alkanes of at least 4 members (excludes halogenated alkanes) is 9. The lowest BCUT2D eigenvalue weighted by molar-refractivity contribution is -0.134. The first-order valence-electron chi connectivity index (χ1n) is 9.80. The Labute approximate surface area is 153 Å². The van der Waals surface area contributed by atoms with Crippen molar-refractivity contribution in [2.45, 2.75) is 90.9 Å². The summed E-state index contributed by atoms with van der Waals surface area (Å²) in [4.78, 5) is 22.3. The topological polar surface area (TPSA) is 74.6 Å². The van der Waals surface area contributed by atoms with Crippen LogP contribution in [0.1, 0.15) is 90.9 Å². The summed E-state index contributed by atoms with van der Waals surface area (Å²) >= 11 is 0. The van der Waals surface area contributed by atoms with Crippen LogP contribution in [-0.2, 0) is 9.59 Å². The zero-order valence-electron chi connectivity index (χ0n) is 16.1. The van der Waals surface area contributed by atoms with Gasteiger partial charge in [0.15, 0.2) is 0 Å². The molecule has 0 saturated carbocycles. The summed E-state index contributed by atoms with van der Waals surface area (Å²) in [6, 6.07) is 0. The molecule has 25 heavy (non-hydrogen) atoms. The fraction of sp³-hybridized carbons (Fsp3) is 0.714. The normalized spacial score (nSPS) is 12.8. The molecule has 0 aliphatic carbocycles. The van der Waals surface area contributed by atoms with Gasteiger partial charge in [-0.3, -0.25) is 0 Å². The second-order valence-corrected chi connectivity index (χ2v) is 6.76. The second-order valence-electron chi connectivity index (χ2n) is 6.76. The van der Waals surface area contributed by atoms with Gasteiger partial charge in [-0.25, -0.2) is 9.59 Å².